The zero-order valence-electron chi connectivity index (χ0n) is 11.6. The first-order valence-corrected chi connectivity index (χ1v) is 6.98. The Morgan fingerprint density at radius 2 is 2.11 bits per heavy atom. The molecule has 0 aliphatic heterocycles. The lowest BCUT2D eigenvalue weighted by molar-refractivity contribution is 0.481. The minimum absolute atomic E-state index is 0.510. The molecule has 2 heterocycles. The molecule has 19 heavy (non-hydrogen) atoms. The summed E-state index contributed by atoms with van der Waals surface area (Å²) in [7, 11) is 2.01. The smallest absolute Gasteiger partial charge is 0.129 e. The zero-order valence-corrected chi connectivity index (χ0v) is 12.4. The van der Waals surface area contributed by atoms with Crippen LogP contribution in [0.1, 0.15) is 29.7 Å². The van der Waals surface area contributed by atoms with Crippen LogP contribution in [-0.4, -0.2) is 12.0 Å². The maximum absolute atomic E-state index is 5.93. The standard InChI is InChI=1S/C15H19ClN2O/c1-4-13-7-12(9-16)8-15(17-13)18(3)10-14-6-5-11(2)19-14/h5-8H,4,9-10H2,1-3H3. The van der Waals surface area contributed by atoms with Crippen molar-refractivity contribution in [2.24, 2.45) is 0 Å². The van der Waals surface area contributed by atoms with E-state index in [4.69, 9.17) is 16.0 Å². The van der Waals surface area contributed by atoms with Gasteiger partial charge in [-0.25, -0.2) is 4.98 Å². The zero-order chi connectivity index (χ0) is 13.8. The van der Waals surface area contributed by atoms with Crippen molar-refractivity contribution in [1.29, 1.82) is 0 Å². The Balaban J connectivity index is 2.20. The minimum Gasteiger partial charge on any atom is -0.464 e. The van der Waals surface area contributed by atoms with Crippen LogP contribution in [0.25, 0.3) is 0 Å². The largest absolute Gasteiger partial charge is 0.464 e. The van der Waals surface area contributed by atoms with E-state index >= 15 is 0 Å². The summed E-state index contributed by atoms with van der Waals surface area (Å²) in [5.41, 5.74) is 2.17. The number of aromatic nitrogens is 1. The van der Waals surface area contributed by atoms with Gasteiger partial charge in [-0.2, -0.15) is 0 Å². The molecule has 0 bridgehead atoms. The Labute approximate surface area is 119 Å². The SMILES string of the molecule is CCc1cc(CCl)cc(N(C)Cc2ccc(C)o2)n1. The average molecular weight is 279 g/mol. The van der Waals surface area contributed by atoms with E-state index in [2.05, 4.69) is 22.9 Å². The summed E-state index contributed by atoms with van der Waals surface area (Å²) in [6.45, 7) is 4.75. The summed E-state index contributed by atoms with van der Waals surface area (Å²) in [6.07, 6.45) is 0.908. The van der Waals surface area contributed by atoms with Gasteiger partial charge in [-0.05, 0) is 43.2 Å². The fourth-order valence-corrected chi connectivity index (χ4v) is 2.13. The van der Waals surface area contributed by atoms with Gasteiger partial charge in [-0.3, -0.25) is 0 Å². The first kappa shape index (κ1) is 13.9. The van der Waals surface area contributed by atoms with Crippen molar-refractivity contribution in [2.75, 3.05) is 11.9 Å². The van der Waals surface area contributed by atoms with Crippen molar-refractivity contribution >= 4 is 17.4 Å². The molecule has 0 fully saturated rings. The van der Waals surface area contributed by atoms with E-state index in [0.717, 1.165) is 35.0 Å². The number of alkyl halides is 1. The van der Waals surface area contributed by atoms with Gasteiger partial charge in [0.25, 0.3) is 0 Å². The molecule has 0 amide bonds. The maximum Gasteiger partial charge on any atom is 0.129 e. The van der Waals surface area contributed by atoms with Crippen LogP contribution in [0.2, 0.25) is 0 Å². The second-order valence-corrected chi connectivity index (χ2v) is 4.95. The topological polar surface area (TPSA) is 29.3 Å². The summed E-state index contributed by atoms with van der Waals surface area (Å²) < 4.78 is 5.59. The second-order valence-electron chi connectivity index (χ2n) is 4.68. The molecule has 0 aliphatic rings. The van der Waals surface area contributed by atoms with Gasteiger partial charge < -0.3 is 9.32 Å². The van der Waals surface area contributed by atoms with Crippen molar-refractivity contribution in [3.63, 3.8) is 0 Å². The van der Waals surface area contributed by atoms with Gasteiger partial charge in [0.2, 0.25) is 0 Å². The van der Waals surface area contributed by atoms with Crippen molar-refractivity contribution < 1.29 is 4.42 Å². The van der Waals surface area contributed by atoms with Gasteiger partial charge in [0.1, 0.15) is 17.3 Å². The van der Waals surface area contributed by atoms with Gasteiger partial charge in [-0.15, -0.1) is 11.6 Å². The maximum atomic E-state index is 5.93. The van der Waals surface area contributed by atoms with E-state index < -0.39 is 0 Å². The molecule has 2 rings (SSSR count). The molecule has 3 nitrogen and oxygen atoms in total. The highest BCUT2D eigenvalue weighted by Gasteiger charge is 2.09. The van der Waals surface area contributed by atoms with Crippen LogP contribution < -0.4 is 4.90 Å². The van der Waals surface area contributed by atoms with Gasteiger partial charge in [0, 0.05) is 18.6 Å². The molecule has 0 unspecified atom stereocenters. The molecule has 0 saturated heterocycles. The highest BCUT2D eigenvalue weighted by atomic mass is 35.5. The van der Waals surface area contributed by atoms with Crippen LogP contribution in [0.15, 0.2) is 28.7 Å². The molecule has 2 aromatic rings. The Morgan fingerprint density at radius 3 is 2.68 bits per heavy atom. The first-order chi connectivity index (χ1) is 9.12. The number of pyridine rings is 1. The van der Waals surface area contributed by atoms with E-state index in [-0.39, 0.29) is 0 Å². The Bertz CT molecular complexity index is 529. The summed E-state index contributed by atoms with van der Waals surface area (Å²) >= 11 is 5.93. The number of hydrogen-bond acceptors (Lipinski definition) is 3. The number of nitrogens with zero attached hydrogens (tertiary/aromatic N) is 2. The Morgan fingerprint density at radius 1 is 1.32 bits per heavy atom. The minimum atomic E-state index is 0.510. The number of rotatable bonds is 5. The van der Waals surface area contributed by atoms with Crippen LogP contribution in [-0.2, 0) is 18.8 Å². The van der Waals surface area contributed by atoms with Crippen molar-refractivity contribution in [2.45, 2.75) is 32.7 Å². The molecule has 102 valence electrons. The van der Waals surface area contributed by atoms with Crippen molar-refractivity contribution in [3.05, 3.63) is 47.0 Å². The third-order valence-electron chi connectivity index (χ3n) is 3.02. The molecule has 0 atom stereocenters. The molecule has 0 N–H and O–H groups in total. The third kappa shape index (κ3) is 3.51. The van der Waals surface area contributed by atoms with E-state index in [1.165, 1.54) is 0 Å². The van der Waals surface area contributed by atoms with Crippen LogP contribution in [0, 0.1) is 6.92 Å². The molecule has 0 radical (unpaired) electrons. The molecule has 2 aromatic heterocycles. The highest BCUT2D eigenvalue weighted by Crippen LogP contribution is 2.19. The molecule has 0 aromatic carbocycles. The predicted octanol–water partition coefficient (Wildman–Crippen LogP) is 3.92. The lowest BCUT2D eigenvalue weighted by Crippen LogP contribution is -2.18. The van der Waals surface area contributed by atoms with Gasteiger partial charge >= 0.3 is 0 Å². The number of halogens is 1. The lowest BCUT2D eigenvalue weighted by Gasteiger charge is -2.18. The van der Waals surface area contributed by atoms with Gasteiger partial charge in [-0.1, -0.05) is 6.92 Å². The van der Waals surface area contributed by atoms with Gasteiger partial charge in [0.15, 0.2) is 0 Å². The molecular formula is C15H19ClN2O. The van der Waals surface area contributed by atoms with Crippen molar-refractivity contribution in [3.8, 4) is 0 Å². The van der Waals surface area contributed by atoms with Crippen LogP contribution in [0.4, 0.5) is 5.82 Å². The molecule has 4 heteroatoms. The quantitative estimate of drug-likeness (QED) is 0.776. The number of furan rings is 1. The van der Waals surface area contributed by atoms with Crippen LogP contribution in [0.3, 0.4) is 0 Å². The summed E-state index contributed by atoms with van der Waals surface area (Å²) in [5, 5.41) is 0. The van der Waals surface area contributed by atoms with E-state index in [1.807, 2.05) is 32.2 Å². The number of anilines is 1. The second kappa shape index (κ2) is 6.11. The molecule has 0 aliphatic carbocycles. The fraction of sp³-hybridized carbons (Fsp3) is 0.400. The summed E-state index contributed by atoms with van der Waals surface area (Å²) in [5.74, 6) is 3.32. The van der Waals surface area contributed by atoms with Crippen molar-refractivity contribution in [1.82, 2.24) is 4.98 Å². The predicted molar refractivity (Wildman–Crippen MR) is 78.7 cm³/mol. The third-order valence-corrected chi connectivity index (χ3v) is 3.33. The molecule has 0 spiro atoms. The first-order valence-electron chi connectivity index (χ1n) is 6.44. The van der Waals surface area contributed by atoms with Crippen LogP contribution in [0.5, 0.6) is 0 Å². The number of aryl methyl sites for hydroxylation is 2. The fourth-order valence-electron chi connectivity index (χ4n) is 1.97. The molecule has 0 saturated carbocycles. The Hall–Kier alpha value is -1.48. The molecular weight excluding hydrogens is 260 g/mol. The Kier molecular flexibility index (Phi) is 4.48. The average Bonchev–Trinajstić information content (AvgIpc) is 2.83. The summed E-state index contributed by atoms with van der Waals surface area (Å²) in [4.78, 5) is 6.71. The number of hydrogen-bond donors (Lipinski definition) is 0. The summed E-state index contributed by atoms with van der Waals surface area (Å²) in [6, 6.07) is 8.06. The van der Waals surface area contributed by atoms with Crippen LogP contribution >= 0.6 is 11.6 Å². The highest BCUT2D eigenvalue weighted by molar-refractivity contribution is 6.17. The van der Waals surface area contributed by atoms with E-state index in [1.54, 1.807) is 0 Å². The van der Waals surface area contributed by atoms with Gasteiger partial charge in [0.05, 0.1) is 6.54 Å². The monoisotopic (exact) mass is 278 g/mol. The van der Waals surface area contributed by atoms with E-state index in [9.17, 15) is 0 Å². The van der Waals surface area contributed by atoms with E-state index in [0.29, 0.717) is 12.4 Å². The normalized spacial score (nSPS) is 10.7. The lowest BCUT2D eigenvalue weighted by atomic mass is 10.2.